The van der Waals surface area contributed by atoms with Crippen LogP contribution in [0.2, 0.25) is 0 Å². The molecule has 24 heavy (non-hydrogen) atoms. The first kappa shape index (κ1) is 17.2. The Kier molecular flexibility index (Phi) is 5.41. The SMILES string of the molecule is CCNC(=NCCCc1nc(C(C)C)no1)N1CCC2(CCC2)C1. The van der Waals surface area contributed by atoms with Crippen molar-refractivity contribution in [1.82, 2.24) is 20.4 Å². The van der Waals surface area contributed by atoms with Crippen molar-refractivity contribution in [3.05, 3.63) is 11.7 Å². The standard InChI is InChI=1S/C18H31N5O/c1-4-19-17(23-12-10-18(13-23)8-6-9-18)20-11-5-7-15-21-16(14(2)3)22-24-15/h14H,4-13H2,1-3H3,(H,19,20). The highest BCUT2D eigenvalue weighted by atomic mass is 16.5. The van der Waals surface area contributed by atoms with Crippen LogP contribution in [-0.2, 0) is 6.42 Å². The molecule has 1 saturated carbocycles. The van der Waals surface area contributed by atoms with Crippen LogP contribution >= 0.6 is 0 Å². The number of hydrogen-bond acceptors (Lipinski definition) is 4. The number of rotatable bonds is 6. The number of aliphatic imine (C=N–C) groups is 1. The predicted octanol–water partition coefficient (Wildman–Crippen LogP) is 2.97. The number of hydrogen-bond donors (Lipinski definition) is 1. The van der Waals surface area contributed by atoms with E-state index in [1.807, 2.05) is 0 Å². The van der Waals surface area contributed by atoms with Gasteiger partial charge in [-0.05, 0) is 38.0 Å². The second kappa shape index (κ2) is 7.53. The van der Waals surface area contributed by atoms with E-state index < -0.39 is 0 Å². The summed E-state index contributed by atoms with van der Waals surface area (Å²) in [7, 11) is 0. The van der Waals surface area contributed by atoms with Gasteiger partial charge in [-0.15, -0.1) is 0 Å². The van der Waals surface area contributed by atoms with E-state index >= 15 is 0 Å². The van der Waals surface area contributed by atoms with E-state index in [4.69, 9.17) is 9.52 Å². The van der Waals surface area contributed by atoms with Crippen molar-refractivity contribution < 1.29 is 4.52 Å². The summed E-state index contributed by atoms with van der Waals surface area (Å²) in [6, 6.07) is 0. The average Bonchev–Trinajstić information content (AvgIpc) is 3.17. The summed E-state index contributed by atoms with van der Waals surface area (Å²) in [6.45, 7) is 10.3. The zero-order valence-corrected chi connectivity index (χ0v) is 15.3. The molecule has 1 aliphatic carbocycles. The maximum atomic E-state index is 5.29. The quantitative estimate of drug-likeness (QED) is 0.492. The van der Waals surface area contributed by atoms with Crippen molar-refractivity contribution in [3.8, 4) is 0 Å². The lowest BCUT2D eigenvalue weighted by molar-refractivity contribution is 0.151. The fourth-order valence-electron chi connectivity index (χ4n) is 3.65. The van der Waals surface area contributed by atoms with E-state index in [1.165, 1.54) is 32.2 Å². The van der Waals surface area contributed by atoms with Crippen LogP contribution in [0.3, 0.4) is 0 Å². The lowest BCUT2D eigenvalue weighted by atomic mass is 9.68. The van der Waals surface area contributed by atoms with Crippen LogP contribution < -0.4 is 5.32 Å². The molecule has 6 nitrogen and oxygen atoms in total. The molecule has 1 aliphatic heterocycles. The van der Waals surface area contributed by atoms with Gasteiger partial charge in [-0.3, -0.25) is 4.99 Å². The van der Waals surface area contributed by atoms with Gasteiger partial charge in [-0.1, -0.05) is 25.4 Å². The second-order valence-corrected chi connectivity index (χ2v) is 7.57. The zero-order chi connectivity index (χ0) is 17.0. The van der Waals surface area contributed by atoms with Crippen molar-refractivity contribution in [2.45, 2.75) is 65.2 Å². The van der Waals surface area contributed by atoms with Crippen LogP contribution in [0.15, 0.2) is 9.52 Å². The van der Waals surface area contributed by atoms with Gasteiger partial charge < -0.3 is 14.7 Å². The molecule has 1 aromatic heterocycles. The van der Waals surface area contributed by atoms with Crippen molar-refractivity contribution in [2.75, 3.05) is 26.2 Å². The molecule has 0 aromatic carbocycles. The maximum Gasteiger partial charge on any atom is 0.226 e. The van der Waals surface area contributed by atoms with E-state index in [9.17, 15) is 0 Å². The van der Waals surface area contributed by atoms with Gasteiger partial charge in [0.1, 0.15) is 0 Å². The minimum atomic E-state index is 0.315. The summed E-state index contributed by atoms with van der Waals surface area (Å²) in [5.74, 6) is 2.92. The molecule has 3 rings (SSSR count). The number of likely N-dealkylation sites (tertiary alicyclic amines) is 1. The fraction of sp³-hybridized carbons (Fsp3) is 0.833. The molecule has 0 unspecified atom stereocenters. The molecular formula is C18H31N5O. The molecule has 2 heterocycles. The first-order valence-corrected chi connectivity index (χ1v) is 9.48. The summed E-state index contributed by atoms with van der Waals surface area (Å²) >= 11 is 0. The van der Waals surface area contributed by atoms with Crippen molar-refractivity contribution in [2.24, 2.45) is 10.4 Å². The minimum Gasteiger partial charge on any atom is -0.357 e. The van der Waals surface area contributed by atoms with Crippen molar-refractivity contribution >= 4 is 5.96 Å². The smallest absolute Gasteiger partial charge is 0.226 e. The molecule has 1 aromatic rings. The molecule has 0 amide bonds. The summed E-state index contributed by atoms with van der Waals surface area (Å²) < 4.78 is 5.29. The minimum absolute atomic E-state index is 0.315. The molecule has 1 spiro atoms. The van der Waals surface area contributed by atoms with E-state index in [1.54, 1.807) is 0 Å². The summed E-state index contributed by atoms with van der Waals surface area (Å²) in [4.78, 5) is 11.7. The lowest BCUT2D eigenvalue weighted by Crippen LogP contribution is -2.42. The maximum absolute atomic E-state index is 5.29. The average molecular weight is 333 g/mol. The first-order valence-electron chi connectivity index (χ1n) is 9.48. The topological polar surface area (TPSA) is 66.5 Å². The molecule has 1 saturated heterocycles. The Labute approximate surface area is 145 Å². The Bertz CT molecular complexity index is 562. The van der Waals surface area contributed by atoms with Gasteiger partial charge in [-0.25, -0.2) is 0 Å². The molecule has 1 N–H and O–H groups in total. The van der Waals surface area contributed by atoms with Gasteiger partial charge in [0, 0.05) is 38.5 Å². The third-order valence-corrected chi connectivity index (χ3v) is 5.30. The van der Waals surface area contributed by atoms with Gasteiger partial charge in [0.15, 0.2) is 11.8 Å². The third-order valence-electron chi connectivity index (χ3n) is 5.30. The zero-order valence-electron chi connectivity index (χ0n) is 15.3. The number of nitrogens with zero attached hydrogens (tertiary/aromatic N) is 4. The van der Waals surface area contributed by atoms with E-state index in [2.05, 4.69) is 41.1 Å². The highest BCUT2D eigenvalue weighted by molar-refractivity contribution is 5.80. The Balaban J connectivity index is 1.48. The van der Waals surface area contributed by atoms with Gasteiger partial charge in [0.25, 0.3) is 0 Å². The molecule has 134 valence electrons. The van der Waals surface area contributed by atoms with Crippen molar-refractivity contribution in [3.63, 3.8) is 0 Å². The Morgan fingerprint density at radius 2 is 2.21 bits per heavy atom. The lowest BCUT2D eigenvalue weighted by Gasteiger charge is -2.38. The Morgan fingerprint density at radius 1 is 1.38 bits per heavy atom. The summed E-state index contributed by atoms with van der Waals surface area (Å²) in [5.41, 5.74) is 0.604. The normalized spacial score (nSPS) is 20.0. The largest absolute Gasteiger partial charge is 0.357 e. The predicted molar refractivity (Wildman–Crippen MR) is 95.2 cm³/mol. The van der Waals surface area contributed by atoms with E-state index in [0.717, 1.165) is 50.2 Å². The van der Waals surface area contributed by atoms with Gasteiger partial charge in [0.05, 0.1) is 0 Å². The molecule has 6 heteroatoms. The monoisotopic (exact) mass is 333 g/mol. The molecule has 2 aliphatic rings. The van der Waals surface area contributed by atoms with Crippen LogP contribution in [0, 0.1) is 5.41 Å². The van der Waals surface area contributed by atoms with Gasteiger partial charge >= 0.3 is 0 Å². The second-order valence-electron chi connectivity index (χ2n) is 7.57. The van der Waals surface area contributed by atoms with E-state index in [-0.39, 0.29) is 0 Å². The molecule has 0 bridgehead atoms. The number of nitrogens with one attached hydrogen (secondary N) is 1. The van der Waals surface area contributed by atoms with Crippen LogP contribution in [0.1, 0.15) is 70.5 Å². The molecule has 0 radical (unpaired) electrons. The molecular weight excluding hydrogens is 302 g/mol. The Hall–Kier alpha value is -1.59. The van der Waals surface area contributed by atoms with Crippen LogP contribution in [0.25, 0.3) is 0 Å². The highest BCUT2D eigenvalue weighted by Crippen LogP contribution is 2.47. The highest BCUT2D eigenvalue weighted by Gasteiger charge is 2.43. The van der Waals surface area contributed by atoms with E-state index in [0.29, 0.717) is 11.3 Å². The van der Waals surface area contributed by atoms with Crippen LogP contribution in [0.5, 0.6) is 0 Å². The third kappa shape index (κ3) is 3.90. The molecule has 0 atom stereocenters. The number of aryl methyl sites for hydroxylation is 1. The summed E-state index contributed by atoms with van der Waals surface area (Å²) in [6.07, 6.45) is 7.28. The number of aromatic nitrogens is 2. The van der Waals surface area contributed by atoms with Gasteiger partial charge in [-0.2, -0.15) is 4.98 Å². The van der Waals surface area contributed by atoms with Crippen LogP contribution in [0.4, 0.5) is 0 Å². The van der Waals surface area contributed by atoms with Crippen molar-refractivity contribution in [1.29, 1.82) is 0 Å². The molecule has 2 fully saturated rings. The summed E-state index contributed by atoms with van der Waals surface area (Å²) in [5, 5.41) is 7.46. The fourth-order valence-corrected chi connectivity index (χ4v) is 3.65. The van der Waals surface area contributed by atoms with Crippen LogP contribution in [-0.4, -0.2) is 47.2 Å². The van der Waals surface area contributed by atoms with Gasteiger partial charge in [0.2, 0.25) is 5.89 Å². The number of guanidine groups is 1. The first-order chi connectivity index (χ1) is 11.6. The Morgan fingerprint density at radius 3 is 2.79 bits per heavy atom.